The molecule has 13 heteroatoms. The molecule has 2 atom stereocenters. The second-order valence-corrected chi connectivity index (χ2v) is 11.9. The van der Waals surface area contributed by atoms with Crippen LogP contribution in [0.25, 0.3) is 9.88 Å². The van der Waals surface area contributed by atoms with Crippen LogP contribution in [-0.4, -0.2) is 79.9 Å². The van der Waals surface area contributed by atoms with Gasteiger partial charge in [0.2, 0.25) is 11.8 Å². The fourth-order valence-electron chi connectivity index (χ4n) is 3.55. The van der Waals surface area contributed by atoms with Crippen LogP contribution in [0, 0.1) is 0 Å². The molecule has 9 nitrogen and oxygen atoms in total. The molecule has 1 N–H and O–H groups in total. The molecule has 2 fully saturated rings. The fourth-order valence-corrected chi connectivity index (χ4v) is 7.02. The second kappa shape index (κ2) is 9.12. The Labute approximate surface area is 193 Å². The predicted octanol–water partition coefficient (Wildman–Crippen LogP) is 1.65. The number of nitrogens with one attached hydrogen (secondary N) is 1. The molecule has 0 spiro atoms. The molecule has 168 valence electrons. The summed E-state index contributed by atoms with van der Waals surface area (Å²) in [4.78, 5) is 33.6. The number of carbonyl (C=O) groups excluding carboxylic acids is 2. The summed E-state index contributed by atoms with van der Waals surface area (Å²) in [7, 11) is -3.93. The second-order valence-electron chi connectivity index (χ2n) is 7.20. The van der Waals surface area contributed by atoms with E-state index in [0.717, 1.165) is 16.2 Å². The van der Waals surface area contributed by atoms with Gasteiger partial charge in [-0.25, -0.2) is 13.4 Å². The van der Waals surface area contributed by atoms with Crippen molar-refractivity contribution in [3.05, 3.63) is 22.7 Å². The van der Waals surface area contributed by atoms with E-state index in [2.05, 4.69) is 9.71 Å². The van der Waals surface area contributed by atoms with Crippen molar-refractivity contribution in [2.24, 2.45) is 0 Å². The van der Waals surface area contributed by atoms with E-state index in [1.165, 1.54) is 22.4 Å². The number of nitrogens with zero attached hydrogens (tertiary/aromatic N) is 3. The number of morpholine rings is 1. The van der Waals surface area contributed by atoms with Gasteiger partial charge in [-0.1, -0.05) is 22.9 Å². The van der Waals surface area contributed by atoms with E-state index in [1.807, 2.05) is 0 Å². The van der Waals surface area contributed by atoms with Gasteiger partial charge in [0.05, 0.1) is 28.6 Å². The monoisotopic (exact) mass is 504 g/mol. The minimum Gasteiger partial charge on any atom is -0.378 e. The van der Waals surface area contributed by atoms with Crippen molar-refractivity contribution in [2.75, 3.05) is 32.8 Å². The predicted molar refractivity (Wildman–Crippen MR) is 118 cm³/mol. The van der Waals surface area contributed by atoms with E-state index >= 15 is 0 Å². The first-order chi connectivity index (χ1) is 14.8. The summed E-state index contributed by atoms with van der Waals surface area (Å²) in [6, 6.07) is 1.94. The minimum absolute atomic E-state index is 0.0238. The summed E-state index contributed by atoms with van der Waals surface area (Å²) < 4.78 is 34.0. The van der Waals surface area contributed by atoms with Gasteiger partial charge < -0.3 is 14.5 Å². The molecule has 0 saturated carbocycles. The molecule has 0 aromatic carbocycles. The number of carbonyl (C=O) groups is 2. The first-order valence-electron chi connectivity index (χ1n) is 9.67. The molecule has 2 amide bonds. The largest absolute Gasteiger partial charge is 0.378 e. The zero-order valence-electron chi connectivity index (χ0n) is 16.6. The molecule has 0 aliphatic carbocycles. The number of likely N-dealkylation sites (tertiary alicyclic amines) is 1. The number of hydrogen-bond donors (Lipinski definition) is 1. The highest BCUT2D eigenvalue weighted by molar-refractivity contribution is 7.91. The molecular weight excluding hydrogens is 484 g/mol. The van der Waals surface area contributed by atoms with E-state index in [1.54, 1.807) is 24.0 Å². The van der Waals surface area contributed by atoms with Crippen molar-refractivity contribution >= 4 is 56.1 Å². The third kappa shape index (κ3) is 4.78. The topological polar surface area (TPSA) is 109 Å². The summed E-state index contributed by atoms with van der Waals surface area (Å²) in [6.45, 7) is 3.92. The normalized spacial score (nSPS) is 21.0. The smallest absolute Gasteiger partial charge is 0.252 e. The van der Waals surface area contributed by atoms with Gasteiger partial charge in [0.25, 0.3) is 10.0 Å². The number of sulfonamides is 1. The highest BCUT2D eigenvalue weighted by Crippen LogP contribution is 2.35. The zero-order valence-corrected chi connectivity index (χ0v) is 19.8. The van der Waals surface area contributed by atoms with Crippen LogP contribution >= 0.6 is 34.3 Å². The first-order valence-corrected chi connectivity index (χ1v) is 13.2. The number of thiazole rings is 1. The van der Waals surface area contributed by atoms with Gasteiger partial charge in [-0.15, -0.1) is 11.3 Å². The van der Waals surface area contributed by atoms with Crippen LogP contribution < -0.4 is 4.72 Å². The van der Waals surface area contributed by atoms with Crippen LogP contribution in [0.3, 0.4) is 0 Å². The molecule has 2 aliphatic heterocycles. The first kappa shape index (κ1) is 22.6. The highest BCUT2D eigenvalue weighted by atomic mass is 35.5. The average molecular weight is 505 g/mol. The molecule has 0 bridgehead atoms. The summed E-state index contributed by atoms with van der Waals surface area (Å²) >= 11 is 8.26. The molecule has 31 heavy (non-hydrogen) atoms. The minimum atomic E-state index is -3.93. The van der Waals surface area contributed by atoms with Gasteiger partial charge in [-0.05, 0) is 25.5 Å². The molecule has 4 heterocycles. The average Bonchev–Trinajstić information content (AvgIpc) is 3.49. The maximum Gasteiger partial charge on any atom is 0.252 e. The molecule has 4 rings (SSSR count). The third-order valence-corrected chi connectivity index (χ3v) is 9.55. The van der Waals surface area contributed by atoms with Crippen molar-refractivity contribution in [1.82, 2.24) is 19.5 Å². The third-order valence-electron chi connectivity index (χ3n) is 5.22. The van der Waals surface area contributed by atoms with Crippen molar-refractivity contribution in [1.29, 1.82) is 0 Å². The van der Waals surface area contributed by atoms with E-state index in [9.17, 15) is 18.0 Å². The molecule has 2 aromatic heterocycles. The van der Waals surface area contributed by atoms with Crippen molar-refractivity contribution in [3.63, 3.8) is 0 Å². The van der Waals surface area contributed by atoms with Crippen molar-refractivity contribution < 1.29 is 22.7 Å². The summed E-state index contributed by atoms with van der Waals surface area (Å²) in [6.07, 6.45) is 1.57. The molecule has 2 saturated heterocycles. The Morgan fingerprint density at radius 1 is 1.29 bits per heavy atom. The Morgan fingerprint density at radius 2 is 2.03 bits per heavy atom. The number of hydrogen-bond acceptors (Lipinski definition) is 8. The number of halogens is 1. The standard InChI is InChI=1S/C18H21ClN4O5S3/c1-11(17(24)22-6-8-28-9-7-22)23-5-4-12(18(23)25)21-31(26,27)15-10-20-16(30-15)13-2-3-14(19)29-13/h2-3,10-12,21H,4-9H2,1H3/t11-,12-/m0/s1. The lowest BCUT2D eigenvalue weighted by atomic mass is 10.2. The van der Waals surface area contributed by atoms with E-state index in [0.29, 0.717) is 48.6 Å². The van der Waals surface area contributed by atoms with Gasteiger partial charge in [0.15, 0.2) is 4.21 Å². The van der Waals surface area contributed by atoms with Crippen LogP contribution in [0.2, 0.25) is 4.34 Å². The summed E-state index contributed by atoms with van der Waals surface area (Å²) in [5, 5.41) is 0.543. The van der Waals surface area contributed by atoms with E-state index in [-0.39, 0.29) is 10.1 Å². The Morgan fingerprint density at radius 3 is 2.71 bits per heavy atom. The fraction of sp³-hybridized carbons (Fsp3) is 0.500. The lowest BCUT2D eigenvalue weighted by molar-refractivity contribution is -0.146. The number of aromatic nitrogens is 1. The van der Waals surface area contributed by atoms with Gasteiger partial charge >= 0.3 is 0 Å². The maximum absolute atomic E-state index is 12.9. The lowest BCUT2D eigenvalue weighted by Gasteiger charge is -2.32. The van der Waals surface area contributed by atoms with Crippen LogP contribution in [-0.2, 0) is 24.3 Å². The number of amides is 2. The molecule has 2 aliphatic rings. The Hall–Kier alpha value is -1.57. The van der Waals surface area contributed by atoms with Crippen molar-refractivity contribution in [3.8, 4) is 9.88 Å². The molecule has 0 radical (unpaired) electrons. The maximum atomic E-state index is 12.9. The van der Waals surface area contributed by atoms with Crippen LogP contribution in [0.5, 0.6) is 0 Å². The van der Waals surface area contributed by atoms with E-state index in [4.69, 9.17) is 16.3 Å². The van der Waals surface area contributed by atoms with Gasteiger partial charge in [0.1, 0.15) is 17.1 Å². The number of rotatable bonds is 6. The molecular formula is C18H21ClN4O5S3. The summed E-state index contributed by atoms with van der Waals surface area (Å²) in [5.74, 6) is -0.547. The molecule has 0 unspecified atom stereocenters. The Kier molecular flexibility index (Phi) is 6.65. The highest BCUT2D eigenvalue weighted by Gasteiger charge is 2.40. The SMILES string of the molecule is C[C@@H](C(=O)N1CCOCC1)N1CC[C@H](NS(=O)(=O)c2cnc(-c3ccc(Cl)s3)s2)C1=O. The van der Waals surface area contributed by atoms with Gasteiger partial charge in [0, 0.05) is 19.6 Å². The Balaban J connectivity index is 1.42. The van der Waals surface area contributed by atoms with Gasteiger partial charge in [-0.3, -0.25) is 9.59 Å². The quantitative estimate of drug-likeness (QED) is 0.640. The molecule has 2 aromatic rings. The lowest BCUT2D eigenvalue weighted by Crippen LogP contribution is -2.52. The summed E-state index contributed by atoms with van der Waals surface area (Å²) in [5.41, 5.74) is 0. The zero-order chi connectivity index (χ0) is 22.2. The van der Waals surface area contributed by atoms with Crippen LogP contribution in [0.15, 0.2) is 22.5 Å². The number of thiophene rings is 1. The Bertz CT molecular complexity index is 1080. The number of ether oxygens (including phenoxy) is 1. The van der Waals surface area contributed by atoms with Gasteiger partial charge in [-0.2, -0.15) is 4.72 Å². The van der Waals surface area contributed by atoms with Crippen LogP contribution in [0.4, 0.5) is 0 Å². The van der Waals surface area contributed by atoms with Crippen molar-refractivity contribution in [2.45, 2.75) is 29.6 Å². The van der Waals surface area contributed by atoms with E-state index < -0.39 is 28.0 Å². The van der Waals surface area contributed by atoms with Crippen LogP contribution in [0.1, 0.15) is 13.3 Å².